The lowest BCUT2D eigenvalue weighted by molar-refractivity contribution is -0.888. The fraction of sp³-hybridized carbons (Fsp3) is 0.500. The molecule has 1 saturated carbocycles. The number of rotatable bonds is 6. The van der Waals surface area contributed by atoms with Gasteiger partial charge in [-0.25, -0.2) is 0 Å². The van der Waals surface area contributed by atoms with Crippen LogP contribution in [0.2, 0.25) is 0 Å². The molecule has 5 heterocycles. The Bertz CT molecular complexity index is 2240. The van der Waals surface area contributed by atoms with Gasteiger partial charge in [-0.3, -0.25) is 20.0 Å². The van der Waals surface area contributed by atoms with Gasteiger partial charge in [0, 0.05) is 37.4 Å². The second-order valence-corrected chi connectivity index (χ2v) is 17.8. The lowest BCUT2D eigenvalue weighted by Gasteiger charge is -2.41. The fourth-order valence-corrected chi connectivity index (χ4v) is 11.1. The number of benzene rings is 2. The third-order valence-corrected chi connectivity index (χ3v) is 14.3. The van der Waals surface area contributed by atoms with Gasteiger partial charge in [0.25, 0.3) is 6.23 Å². The highest BCUT2D eigenvalue weighted by atomic mass is 16.5. The van der Waals surface area contributed by atoms with Crippen molar-refractivity contribution in [1.82, 2.24) is 5.32 Å². The van der Waals surface area contributed by atoms with Gasteiger partial charge in [-0.2, -0.15) is 0 Å². The van der Waals surface area contributed by atoms with Gasteiger partial charge in [-0.05, 0) is 102 Å². The van der Waals surface area contributed by atoms with Gasteiger partial charge in [0.05, 0.1) is 23.3 Å². The maximum absolute atomic E-state index is 13.1. The van der Waals surface area contributed by atoms with Crippen LogP contribution in [0.25, 0.3) is 0 Å². The number of hydrogen-bond acceptors (Lipinski definition) is 8. The zero-order chi connectivity index (χ0) is 38.8. The van der Waals surface area contributed by atoms with E-state index in [1.165, 1.54) is 16.7 Å². The molecule has 57 heavy (non-hydrogen) atoms. The van der Waals surface area contributed by atoms with E-state index >= 15 is 0 Å². The largest absolute Gasteiger partial charge is 0.437 e. The van der Waals surface area contributed by atoms with Crippen molar-refractivity contribution in [3.63, 3.8) is 0 Å². The van der Waals surface area contributed by atoms with Crippen LogP contribution in [-0.2, 0) is 11.2 Å². The zero-order valence-electron chi connectivity index (χ0n) is 32.7. The number of hydrogen-bond donors (Lipinski definition) is 5. The standard InChI is InChI=1S/C48H52N4O5/c1-28-4-8-30(9-5-28)41(55)23-32(53)11-6-29-7-17-42-43(22-29)57-47-38(48(20-21-56-42)18-2-3-19-48)15-16-40(54)34-13-14-35-44-31(24-51-46(35)49)10-12-33(45(34)44)36-25-50-39-27-52(47)26-37(36)39/h4,7-8,13-14,17,22,25-26,28,30-31,33,38,40-41,46-47,51,54-55H,2-3,5-6,9-12,18-19,23-24,27,49H2,1H3/p+1/t28-,30-,31-,33-,38-,40-,41-,46-,47-/m0/s1. The summed E-state index contributed by atoms with van der Waals surface area (Å²) >= 11 is 0. The minimum Gasteiger partial charge on any atom is -0.437 e. The number of fused-ring (bicyclic) bond motifs is 6. The summed E-state index contributed by atoms with van der Waals surface area (Å²) in [4.78, 5) is 19.3. The number of aryl methyl sites for hydroxylation is 1. The third-order valence-electron chi connectivity index (χ3n) is 14.3. The normalized spacial score (nSPS) is 32.8. The summed E-state index contributed by atoms with van der Waals surface area (Å²) in [6.45, 7) is 3.66. The van der Waals surface area contributed by atoms with Crippen LogP contribution in [0.5, 0.6) is 11.5 Å². The van der Waals surface area contributed by atoms with E-state index < -0.39 is 23.9 Å². The van der Waals surface area contributed by atoms with Crippen LogP contribution in [0.4, 0.5) is 0 Å². The molecule has 8 aliphatic rings. The number of Topliss-reactive ketones (excluding diaryl/α,β-unsaturated/α-hetero) is 1. The van der Waals surface area contributed by atoms with E-state index in [4.69, 9.17) is 20.2 Å². The van der Waals surface area contributed by atoms with Crippen molar-refractivity contribution < 1.29 is 29.4 Å². The van der Waals surface area contributed by atoms with Gasteiger partial charge < -0.3 is 25.4 Å². The highest BCUT2D eigenvalue weighted by molar-refractivity contribution is 6.08. The summed E-state index contributed by atoms with van der Waals surface area (Å²) in [5.41, 5.74) is 15.0. The molecule has 0 amide bonds. The molecular weight excluding hydrogens is 713 g/mol. The van der Waals surface area contributed by atoms with E-state index in [1.807, 2.05) is 24.3 Å². The quantitative estimate of drug-likeness (QED) is 0.203. The Labute approximate surface area is 335 Å². The van der Waals surface area contributed by atoms with Crippen molar-refractivity contribution in [1.29, 1.82) is 0 Å². The molecule has 0 aromatic heterocycles. The van der Waals surface area contributed by atoms with Crippen molar-refractivity contribution in [2.75, 3.05) is 13.1 Å². The van der Waals surface area contributed by atoms with Gasteiger partial charge in [0.1, 0.15) is 42.4 Å². The molecule has 1 fully saturated rings. The molecule has 0 radical (unpaired) electrons. The maximum Gasteiger partial charge on any atom is 0.252 e. The summed E-state index contributed by atoms with van der Waals surface area (Å²) in [6.07, 6.45) is 18.1. The number of aliphatic imine (C=N–C) groups is 1. The monoisotopic (exact) mass is 765 g/mol. The molecule has 6 N–H and O–H groups in total. The van der Waals surface area contributed by atoms with Crippen molar-refractivity contribution in [3.8, 4) is 35.4 Å². The molecule has 9 heteroatoms. The average molecular weight is 766 g/mol. The molecule has 0 saturated heterocycles. The number of aliphatic hydroxyl groups excluding tert-OH is 2. The molecule has 3 aliphatic carbocycles. The van der Waals surface area contributed by atoms with Crippen LogP contribution in [0, 0.1) is 47.0 Å². The van der Waals surface area contributed by atoms with Crippen LogP contribution in [0.1, 0.15) is 123 Å². The first kappa shape index (κ1) is 36.8. The van der Waals surface area contributed by atoms with E-state index in [2.05, 4.69) is 66.7 Å². The number of ketones is 1. The Kier molecular flexibility index (Phi) is 9.51. The van der Waals surface area contributed by atoms with Crippen LogP contribution in [0.3, 0.4) is 0 Å². The maximum atomic E-state index is 13.1. The topological polar surface area (TPSA) is 131 Å². The van der Waals surface area contributed by atoms with E-state index in [0.717, 1.165) is 90.8 Å². The minimum atomic E-state index is -1.00. The van der Waals surface area contributed by atoms with Gasteiger partial charge in [-0.1, -0.05) is 67.9 Å². The molecule has 10 rings (SSSR count). The summed E-state index contributed by atoms with van der Waals surface area (Å²) in [7, 11) is 0. The average Bonchev–Trinajstić information content (AvgIpc) is 3.96. The van der Waals surface area contributed by atoms with Crippen molar-refractivity contribution in [2.45, 2.75) is 114 Å². The predicted molar refractivity (Wildman–Crippen MR) is 217 cm³/mol. The van der Waals surface area contributed by atoms with E-state index in [9.17, 15) is 15.0 Å². The Morgan fingerprint density at radius 2 is 1.93 bits per heavy atom. The highest BCUT2D eigenvalue weighted by Gasteiger charge is 2.52. The zero-order valence-corrected chi connectivity index (χ0v) is 32.7. The van der Waals surface area contributed by atoms with Gasteiger partial charge in [0.2, 0.25) is 0 Å². The molecular formula is C48H53N4O5+. The number of nitrogens with one attached hydrogen (secondary N) is 2. The predicted octanol–water partition coefficient (Wildman–Crippen LogP) is 5.17. The Morgan fingerprint density at radius 3 is 2.77 bits per heavy atom. The Hall–Kier alpha value is -4.48. The number of carbonyl (C=O) groups is 1. The third kappa shape index (κ3) is 6.58. The number of ether oxygens (including phenoxy) is 2. The SMILES string of the molecule is C[C@H]1C=C[C@H]([C@@H](O)CC(=O)CCc2ccc3c(c2)O[C@H]2[C@H](C#C[C@H](O)c4ccc5c6c4[C@@H](CC[C@H]6CN[C@@H]5N)C4=CN=C5C[NH+]2C=C45)C2(C#CO3)CCCC2)CC1. The number of nitrogens with two attached hydrogens (primary N) is 1. The minimum absolute atomic E-state index is 0.0371. The molecule has 1 spiro atoms. The Balaban J connectivity index is 1.01. The van der Waals surface area contributed by atoms with E-state index in [1.54, 1.807) is 0 Å². The molecule has 1 unspecified atom stereocenters. The van der Waals surface area contributed by atoms with Crippen molar-refractivity contribution in [2.24, 2.45) is 33.9 Å². The first-order chi connectivity index (χ1) is 27.7. The number of quaternary nitrogens is 1. The second-order valence-electron chi connectivity index (χ2n) is 17.8. The lowest BCUT2D eigenvalue weighted by atomic mass is 9.67. The summed E-state index contributed by atoms with van der Waals surface area (Å²) in [5, 5.41) is 26.5. The summed E-state index contributed by atoms with van der Waals surface area (Å²) < 4.78 is 13.4. The molecule has 294 valence electrons. The molecule has 9 nitrogen and oxygen atoms in total. The number of aliphatic hydroxyl groups is 2. The van der Waals surface area contributed by atoms with Crippen molar-refractivity contribution >= 4 is 11.5 Å². The van der Waals surface area contributed by atoms with E-state index in [-0.39, 0.29) is 36.1 Å². The summed E-state index contributed by atoms with van der Waals surface area (Å²) in [5.74, 6) is 12.4. The first-order valence-electron chi connectivity index (χ1n) is 21.3. The lowest BCUT2D eigenvalue weighted by Crippen LogP contribution is -3.13. The highest BCUT2D eigenvalue weighted by Crippen LogP contribution is 2.52. The number of carbonyl (C=O) groups excluding carboxylic acids is 1. The first-order valence-corrected chi connectivity index (χ1v) is 21.3. The summed E-state index contributed by atoms with van der Waals surface area (Å²) in [6, 6.07) is 10.00. The van der Waals surface area contributed by atoms with Crippen LogP contribution in [0.15, 0.2) is 71.0 Å². The number of allylic oxidation sites excluding steroid dienone is 2. The van der Waals surface area contributed by atoms with Gasteiger partial charge in [-0.15, -0.1) is 0 Å². The molecule has 2 aromatic rings. The molecule has 5 aliphatic heterocycles. The van der Waals surface area contributed by atoms with Crippen LogP contribution >= 0.6 is 0 Å². The van der Waals surface area contributed by atoms with Crippen molar-refractivity contribution in [3.05, 3.63) is 93.8 Å². The van der Waals surface area contributed by atoms with Gasteiger partial charge in [0.15, 0.2) is 11.5 Å². The molecule has 2 bridgehead atoms. The van der Waals surface area contributed by atoms with Gasteiger partial charge >= 0.3 is 0 Å². The molecule has 2 aromatic carbocycles. The fourth-order valence-electron chi connectivity index (χ4n) is 11.1. The number of nitrogens with zero attached hydrogens (tertiary/aromatic N) is 1. The van der Waals surface area contributed by atoms with E-state index in [0.29, 0.717) is 42.7 Å². The Morgan fingerprint density at radius 1 is 1.07 bits per heavy atom. The molecule has 10 atom stereocenters. The smallest absolute Gasteiger partial charge is 0.252 e. The van der Waals surface area contributed by atoms with Crippen LogP contribution < -0.4 is 25.4 Å². The van der Waals surface area contributed by atoms with Crippen LogP contribution in [-0.4, -0.2) is 47.1 Å². The second kappa shape index (κ2) is 14.7.